The van der Waals surface area contributed by atoms with Gasteiger partial charge >= 0.3 is 5.97 Å². The average molecular weight is 252 g/mol. The standard InChI is InChI=1S/C15H21FO2/c1-3-4-5-6-8-12(2)18-15(17)13-9-7-10-14(16)11-13/h7,9-12H,3-6,8H2,1-2H3. The molecule has 0 amide bonds. The van der Waals surface area contributed by atoms with Gasteiger partial charge in [0.1, 0.15) is 5.82 Å². The normalized spacial score (nSPS) is 12.2. The van der Waals surface area contributed by atoms with Gasteiger partial charge in [0, 0.05) is 0 Å². The van der Waals surface area contributed by atoms with Crippen molar-refractivity contribution in [2.75, 3.05) is 0 Å². The zero-order valence-corrected chi connectivity index (χ0v) is 11.1. The van der Waals surface area contributed by atoms with Crippen LogP contribution in [-0.2, 0) is 4.74 Å². The maximum Gasteiger partial charge on any atom is 0.338 e. The lowest BCUT2D eigenvalue weighted by Crippen LogP contribution is -2.15. The quantitative estimate of drug-likeness (QED) is 0.533. The van der Waals surface area contributed by atoms with Crippen LogP contribution in [0.1, 0.15) is 56.3 Å². The molecule has 0 heterocycles. The summed E-state index contributed by atoms with van der Waals surface area (Å²) >= 11 is 0. The Kier molecular flexibility index (Phi) is 6.40. The predicted molar refractivity (Wildman–Crippen MR) is 70.0 cm³/mol. The zero-order chi connectivity index (χ0) is 13.4. The Bertz CT molecular complexity index is 377. The van der Waals surface area contributed by atoms with Gasteiger partial charge in [-0.2, -0.15) is 0 Å². The monoisotopic (exact) mass is 252 g/mol. The van der Waals surface area contributed by atoms with Crippen LogP contribution in [0.25, 0.3) is 0 Å². The van der Waals surface area contributed by atoms with E-state index in [2.05, 4.69) is 6.92 Å². The number of carbonyl (C=O) groups excluding carboxylic acids is 1. The van der Waals surface area contributed by atoms with Gasteiger partial charge in [0.15, 0.2) is 0 Å². The Balaban J connectivity index is 2.35. The predicted octanol–water partition coefficient (Wildman–Crippen LogP) is 4.34. The van der Waals surface area contributed by atoms with Crippen LogP contribution in [0.5, 0.6) is 0 Å². The highest BCUT2D eigenvalue weighted by molar-refractivity contribution is 5.89. The minimum absolute atomic E-state index is 0.113. The molecule has 18 heavy (non-hydrogen) atoms. The van der Waals surface area contributed by atoms with E-state index in [-0.39, 0.29) is 11.7 Å². The molecule has 0 saturated heterocycles. The molecule has 3 heteroatoms. The first kappa shape index (κ1) is 14.7. The van der Waals surface area contributed by atoms with Crippen molar-refractivity contribution in [3.05, 3.63) is 35.6 Å². The summed E-state index contributed by atoms with van der Waals surface area (Å²) in [5.41, 5.74) is 0.274. The first-order chi connectivity index (χ1) is 8.63. The number of unbranched alkanes of at least 4 members (excludes halogenated alkanes) is 3. The number of halogens is 1. The molecule has 1 rings (SSSR count). The molecule has 0 aromatic heterocycles. The molecule has 0 saturated carbocycles. The van der Waals surface area contributed by atoms with E-state index in [4.69, 9.17) is 4.74 Å². The Hall–Kier alpha value is -1.38. The Morgan fingerprint density at radius 3 is 2.78 bits per heavy atom. The fourth-order valence-corrected chi connectivity index (χ4v) is 1.78. The smallest absolute Gasteiger partial charge is 0.338 e. The highest BCUT2D eigenvalue weighted by Gasteiger charge is 2.12. The lowest BCUT2D eigenvalue weighted by Gasteiger charge is -2.13. The van der Waals surface area contributed by atoms with Crippen molar-refractivity contribution < 1.29 is 13.9 Å². The highest BCUT2D eigenvalue weighted by atomic mass is 19.1. The van der Waals surface area contributed by atoms with Crippen LogP contribution >= 0.6 is 0 Å². The summed E-state index contributed by atoms with van der Waals surface area (Å²) in [5, 5.41) is 0. The molecule has 0 aliphatic rings. The van der Waals surface area contributed by atoms with E-state index in [0.29, 0.717) is 0 Å². The minimum Gasteiger partial charge on any atom is -0.459 e. The molecule has 100 valence electrons. The molecule has 0 fully saturated rings. The van der Waals surface area contributed by atoms with E-state index in [1.54, 1.807) is 6.07 Å². The fraction of sp³-hybridized carbons (Fsp3) is 0.533. The highest BCUT2D eigenvalue weighted by Crippen LogP contribution is 2.11. The van der Waals surface area contributed by atoms with Crippen LogP contribution in [0.2, 0.25) is 0 Å². The molecule has 1 unspecified atom stereocenters. The van der Waals surface area contributed by atoms with E-state index in [1.807, 2.05) is 6.92 Å². The number of hydrogen-bond acceptors (Lipinski definition) is 2. The fourth-order valence-electron chi connectivity index (χ4n) is 1.78. The first-order valence-corrected chi connectivity index (χ1v) is 6.60. The van der Waals surface area contributed by atoms with Crippen LogP contribution < -0.4 is 0 Å². The van der Waals surface area contributed by atoms with E-state index in [9.17, 15) is 9.18 Å². The van der Waals surface area contributed by atoms with Crippen molar-refractivity contribution in [2.45, 2.75) is 52.1 Å². The van der Waals surface area contributed by atoms with Crippen LogP contribution in [0.15, 0.2) is 24.3 Å². The maximum absolute atomic E-state index is 12.9. The molecule has 0 N–H and O–H groups in total. The third kappa shape index (κ3) is 5.30. The number of esters is 1. The lowest BCUT2D eigenvalue weighted by atomic mass is 10.1. The molecule has 1 aromatic carbocycles. The van der Waals surface area contributed by atoms with Gasteiger partial charge in [-0.25, -0.2) is 9.18 Å². The molecule has 0 bridgehead atoms. The van der Waals surface area contributed by atoms with Crippen molar-refractivity contribution in [1.29, 1.82) is 0 Å². The Morgan fingerprint density at radius 1 is 1.33 bits per heavy atom. The molecule has 0 aliphatic carbocycles. The number of ether oxygens (including phenoxy) is 1. The second-order valence-corrected chi connectivity index (χ2v) is 4.58. The molecule has 1 aromatic rings. The lowest BCUT2D eigenvalue weighted by molar-refractivity contribution is 0.0319. The molecule has 2 nitrogen and oxygen atoms in total. The summed E-state index contributed by atoms with van der Waals surface area (Å²) in [5.74, 6) is -0.863. The summed E-state index contributed by atoms with van der Waals surface area (Å²) in [6.07, 6.45) is 5.38. The van der Waals surface area contributed by atoms with Crippen molar-refractivity contribution in [2.24, 2.45) is 0 Å². The van der Waals surface area contributed by atoms with Crippen LogP contribution in [0.4, 0.5) is 4.39 Å². The summed E-state index contributed by atoms with van der Waals surface area (Å²) in [4.78, 5) is 11.7. The summed E-state index contributed by atoms with van der Waals surface area (Å²) in [6.45, 7) is 4.04. The second kappa shape index (κ2) is 7.85. The van der Waals surface area contributed by atoms with Gasteiger partial charge in [0.2, 0.25) is 0 Å². The molecule has 1 atom stereocenters. The Morgan fingerprint density at radius 2 is 2.11 bits per heavy atom. The zero-order valence-electron chi connectivity index (χ0n) is 11.1. The van der Waals surface area contributed by atoms with Gasteiger partial charge in [-0.05, 0) is 38.0 Å². The third-order valence-electron chi connectivity index (χ3n) is 2.83. The number of rotatable bonds is 7. The van der Waals surface area contributed by atoms with E-state index >= 15 is 0 Å². The Labute approximate surface area is 108 Å². The molecule has 0 spiro atoms. The van der Waals surface area contributed by atoms with E-state index in [0.717, 1.165) is 12.8 Å². The largest absolute Gasteiger partial charge is 0.459 e. The molecular formula is C15H21FO2. The second-order valence-electron chi connectivity index (χ2n) is 4.58. The summed E-state index contributed by atoms with van der Waals surface area (Å²) < 4.78 is 18.2. The van der Waals surface area contributed by atoms with Crippen molar-refractivity contribution in [1.82, 2.24) is 0 Å². The minimum atomic E-state index is -0.447. The van der Waals surface area contributed by atoms with E-state index in [1.165, 1.54) is 37.5 Å². The van der Waals surface area contributed by atoms with Crippen LogP contribution in [0.3, 0.4) is 0 Å². The van der Waals surface area contributed by atoms with Crippen molar-refractivity contribution in [3.8, 4) is 0 Å². The van der Waals surface area contributed by atoms with Gasteiger partial charge < -0.3 is 4.74 Å². The van der Waals surface area contributed by atoms with E-state index < -0.39 is 11.8 Å². The van der Waals surface area contributed by atoms with Gasteiger partial charge in [0.05, 0.1) is 11.7 Å². The SMILES string of the molecule is CCCCCCC(C)OC(=O)c1cccc(F)c1. The number of hydrogen-bond donors (Lipinski definition) is 0. The summed E-state index contributed by atoms with van der Waals surface area (Å²) in [6, 6.07) is 5.59. The van der Waals surface area contributed by atoms with Gasteiger partial charge in [-0.1, -0.05) is 32.3 Å². The molecular weight excluding hydrogens is 231 g/mol. The number of benzene rings is 1. The average Bonchev–Trinajstić information content (AvgIpc) is 2.34. The van der Waals surface area contributed by atoms with Crippen molar-refractivity contribution >= 4 is 5.97 Å². The van der Waals surface area contributed by atoms with Crippen LogP contribution in [0, 0.1) is 5.82 Å². The summed E-state index contributed by atoms with van der Waals surface area (Å²) in [7, 11) is 0. The third-order valence-corrected chi connectivity index (χ3v) is 2.83. The van der Waals surface area contributed by atoms with Gasteiger partial charge in [-0.15, -0.1) is 0 Å². The first-order valence-electron chi connectivity index (χ1n) is 6.60. The van der Waals surface area contributed by atoms with Crippen molar-refractivity contribution in [3.63, 3.8) is 0 Å². The molecule has 0 radical (unpaired) electrons. The van der Waals surface area contributed by atoms with Gasteiger partial charge in [0.25, 0.3) is 0 Å². The number of carbonyl (C=O) groups is 1. The molecule has 0 aliphatic heterocycles. The van der Waals surface area contributed by atoms with Gasteiger partial charge in [-0.3, -0.25) is 0 Å². The van der Waals surface area contributed by atoms with Crippen LogP contribution in [-0.4, -0.2) is 12.1 Å². The maximum atomic E-state index is 12.9. The topological polar surface area (TPSA) is 26.3 Å².